The summed E-state index contributed by atoms with van der Waals surface area (Å²) in [5, 5.41) is 12.0. The molecule has 4 rings (SSSR count). The van der Waals surface area contributed by atoms with Gasteiger partial charge >= 0.3 is 0 Å². The molecule has 29 heavy (non-hydrogen) atoms. The van der Waals surface area contributed by atoms with Gasteiger partial charge in [-0.2, -0.15) is 10.2 Å². The van der Waals surface area contributed by atoms with Gasteiger partial charge in [-0.05, 0) is 35.2 Å². The van der Waals surface area contributed by atoms with Crippen LogP contribution in [0.1, 0.15) is 26.8 Å². The van der Waals surface area contributed by atoms with E-state index in [-0.39, 0.29) is 11.6 Å². The van der Waals surface area contributed by atoms with Crippen LogP contribution in [0.2, 0.25) is 5.02 Å². The van der Waals surface area contributed by atoms with Gasteiger partial charge in [-0.3, -0.25) is 4.79 Å². The predicted molar refractivity (Wildman–Crippen MR) is 114 cm³/mol. The fraction of sp³-hybridized carbons (Fsp3) is 0.190. The molecule has 1 saturated heterocycles. The van der Waals surface area contributed by atoms with Crippen LogP contribution < -0.4 is 4.90 Å². The van der Waals surface area contributed by atoms with Crippen molar-refractivity contribution in [2.75, 3.05) is 31.1 Å². The molecule has 6 nitrogen and oxygen atoms in total. The summed E-state index contributed by atoms with van der Waals surface area (Å²) in [6.07, 6.45) is 3.58. The Bertz CT molecular complexity index is 1060. The number of amides is 1. The van der Waals surface area contributed by atoms with E-state index in [0.717, 1.165) is 10.4 Å². The van der Waals surface area contributed by atoms with Crippen molar-refractivity contribution in [1.29, 1.82) is 5.26 Å². The molecule has 1 fully saturated rings. The number of benzene rings is 1. The van der Waals surface area contributed by atoms with Crippen LogP contribution in [-0.4, -0.2) is 42.0 Å². The number of piperazine rings is 1. The van der Waals surface area contributed by atoms with E-state index in [2.05, 4.69) is 11.1 Å². The van der Waals surface area contributed by atoms with Gasteiger partial charge in [0, 0.05) is 37.3 Å². The third-order valence-electron chi connectivity index (χ3n) is 4.61. The second-order valence-corrected chi connectivity index (χ2v) is 7.84. The normalized spacial score (nSPS) is 14.3. The molecule has 0 radical (unpaired) electrons. The average molecular weight is 425 g/mol. The lowest BCUT2D eigenvalue weighted by Crippen LogP contribution is -2.48. The number of rotatable bonds is 4. The largest absolute Gasteiger partial charge is 0.420 e. The van der Waals surface area contributed by atoms with Crippen LogP contribution in [0.25, 0.3) is 12.2 Å². The third kappa shape index (κ3) is 4.34. The van der Waals surface area contributed by atoms with Gasteiger partial charge in [0.25, 0.3) is 5.91 Å². The number of halogens is 1. The zero-order valence-corrected chi connectivity index (χ0v) is 17.0. The molecule has 8 heteroatoms. The highest BCUT2D eigenvalue weighted by Gasteiger charge is 2.26. The molecule has 0 atom stereocenters. The van der Waals surface area contributed by atoms with Crippen molar-refractivity contribution >= 4 is 46.9 Å². The van der Waals surface area contributed by atoms with Crippen LogP contribution in [0.4, 0.5) is 5.88 Å². The number of thiophene rings is 1. The van der Waals surface area contributed by atoms with Gasteiger partial charge in [0.2, 0.25) is 17.5 Å². The van der Waals surface area contributed by atoms with Crippen LogP contribution in [0.3, 0.4) is 0 Å². The fourth-order valence-corrected chi connectivity index (χ4v) is 3.91. The molecule has 1 aliphatic heterocycles. The quantitative estimate of drug-likeness (QED) is 0.620. The van der Waals surface area contributed by atoms with Crippen LogP contribution in [0.15, 0.2) is 46.2 Å². The summed E-state index contributed by atoms with van der Waals surface area (Å²) in [6, 6.07) is 13.2. The Morgan fingerprint density at radius 1 is 1.17 bits per heavy atom. The molecular weight excluding hydrogens is 408 g/mol. The SMILES string of the molecule is N#Cc1nc(/C=C/c2ccc(Cl)cc2)oc1N1CCN(C(=O)c2cccs2)CC1. The summed E-state index contributed by atoms with van der Waals surface area (Å²) in [6.45, 7) is 2.30. The molecule has 146 valence electrons. The van der Waals surface area contributed by atoms with Crippen molar-refractivity contribution in [2.45, 2.75) is 0 Å². The number of hydrogen-bond donors (Lipinski definition) is 0. The maximum absolute atomic E-state index is 12.5. The molecule has 0 saturated carbocycles. The molecule has 0 N–H and O–H groups in total. The van der Waals surface area contributed by atoms with Crippen molar-refractivity contribution in [3.63, 3.8) is 0 Å². The van der Waals surface area contributed by atoms with Crippen molar-refractivity contribution < 1.29 is 9.21 Å². The van der Waals surface area contributed by atoms with E-state index < -0.39 is 0 Å². The van der Waals surface area contributed by atoms with E-state index in [1.54, 1.807) is 18.2 Å². The summed E-state index contributed by atoms with van der Waals surface area (Å²) in [5.74, 6) is 0.861. The zero-order valence-electron chi connectivity index (χ0n) is 15.4. The number of nitriles is 1. The predicted octanol–water partition coefficient (Wildman–Crippen LogP) is 4.39. The molecule has 1 amide bonds. The molecule has 0 unspecified atom stereocenters. The van der Waals surface area contributed by atoms with Gasteiger partial charge in [0.1, 0.15) is 6.07 Å². The van der Waals surface area contributed by atoms with E-state index in [1.807, 2.05) is 45.5 Å². The monoisotopic (exact) mass is 424 g/mol. The maximum Gasteiger partial charge on any atom is 0.264 e. The molecule has 0 aliphatic carbocycles. The van der Waals surface area contributed by atoms with E-state index in [4.69, 9.17) is 16.0 Å². The molecule has 1 aliphatic rings. The smallest absolute Gasteiger partial charge is 0.264 e. The summed E-state index contributed by atoms with van der Waals surface area (Å²) < 4.78 is 5.84. The number of nitrogens with zero attached hydrogens (tertiary/aromatic N) is 4. The van der Waals surface area contributed by atoms with Gasteiger partial charge < -0.3 is 14.2 Å². The molecule has 2 aromatic heterocycles. The van der Waals surface area contributed by atoms with E-state index in [1.165, 1.54) is 11.3 Å². The fourth-order valence-electron chi connectivity index (χ4n) is 3.10. The number of aromatic nitrogens is 1. The molecule has 0 bridgehead atoms. The first-order valence-corrected chi connectivity index (χ1v) is 10.3. The van der Waals surface area contributed by atoms with Gasteiger partial charge in [0.15, 0.2) is 0 Å². The van der Waals surface area contributed by atoms with Gasteiger partial charge in [0.05, 0.1) is 4.88 Å². The average Bonchev–Trinajstić information content (AvgIpc) is 3.43. The Kier molecular flexibility index (Phi) is 5.65. The number of carbonyl (C=O) groups is 1. The van der Waals surface area contributed by atoms with Gasteiger partial charge in [-0.25, -0.2) is 0 Å². The van der Waals surface area contributed by atoms with Crippen molar-refractivity contribution in [3.05, 3.63) is 68.8 Å². The lowest BCUT2D eigenvalue weighted by molar-refractivity contribution is 0.0750. The maximum atomic E-state index is 12.5. The summed E-state index contributed by atoms with van der Waals surface area (Å²) >= 11 is 7.34. The second kappa shape index (κ2) is 8.52. The van der Waals surface area contributed by atoms with Crippen LogP contribution in [-0.2, 0) is 0 Å². The summed E-state index contributed by atoms with van der Waals surface area (Å²) in [7, 11) is 0. The lowest BCUT2D eigenvalue weighted by atomic mass is 10.2. The minimum Gasteiger partial charge on any atom is -0.420 e. The summed E-state index contributed by atoms with van der Waals surface area (Å²) in [5.41, 5.74) is 1.20. The Labute approximate surface area is 177 Å². The first-order valence-electron chi connectivity index (χ1n) is 9.06. The van der Waals surface area contributed by atoms with Crippen molar-refractivity contribution in [1.82, 2.24) is 9.88 Å². The van der Waals surface area contributed by atoms with E-state index >= 15 is 0 Å². The molecule has 1 aromatic carbocycles. The van der Waals surface area contributed by atoms with E-state index in [9.17, 15) is 10.1 Å². The van der Waals surface area contributed by atoms with Crippen molar-refractivity contribution in [3.8, 4) is 6.07 Å². The Morgan fingerprint density at radius 2 is 1.93 bits per heavy atom. The number of hydrogen-bond acceptors (Lipinski definition) is 6. The Hall–Kier alpha value is -3.08. The van der Waals surface area contributed by atoms with Crippen molar-refractivity contribution in [2.24, 2.45) is 0 Å². The highest BCUT2D eigenvalue weighted by atomic mass is 35.5. The van der Waals surface area contributed by atoms with Gasteiger partial charge in [-0.15, -0.1) is 11.3 Å². The Morgan fingerprint density at radius 3 is 2.59 bits per heavy atom. The molecule has 3 heterocycles. The number of carbonyl (C=O) groups excluding carboxylic acids is 1. The zero-order chi connectivity index (χ0) is 20.2. The summed E-state index contributed by atoms with van der Waals surface area (Å²) in [4.78, 5) is 21.3. The van der Waals surface area contributed by atoms with Crippen LogP contribution in [0, 0.1) is 11.3 Å². The molecule has 3 aromatic rings. The lowest BCUT2D eigenvalue weighted by Gasteiger charge is -2.34. The van der Waals surface area contributed by atoms with Gasteiger partial charge in [-0.1, -0.05) is 29.8 Å². The number of oxazole rings is 1. The minimum atomic E-state index is 0.0457. The Balaban J connectivity index is 1.44. The first kappa shape index (κ1) is 19.2. The highest BCUT2D eigenvalue weighted by Crippen LogP contribution is 2.25. The molecule has 0 spiro atoms. The highest BCUT2D eigenvalue weighted by molar-refractivity contribution is 7.12. The first-order chi connectivity index (χ1) is 14.1. The van der Waals surface area contributed by atoms with Crippen LogP contribution >= 0.6 is 22.9 Å². The third-order valence-corrected chi connectivity index (χ3v) is 5.72. The second-order valence-electron chi connectivity index (χ2n) is 6.46. The topological polar surface area (TPSA) is 73.4 Å². The van der Waals surface area contributed by atoms with E-state index in [0.29, 0.717) is 43.0 Å². The molecular formula is C21H17ClN4O2S. The minimum absolute atomic E-state index is 0.0457. The van der Waals surface area contributed by atoms with Crippen LogP contribution in [0.5, 0.6) is 0 Å². The standard InChI is InChI=1S/C21H17ClN4O2S/c22-16-6-3-15(4-7-16)5-8-19-24-17(14-23)21(28-19)26-11-9-25(10-12-26)20(27)18-2-1-13-29-18/h1-8,13H,9-12H2/b8-5+. The number of anilines is 1.